The molecule has 0 saturated heterocycles. The quantitative estimate of drug-likeness (QED) is 0.719. The van der Waals surface area contributed by atoms with Crippen LogP contribution in [0.3, 0.4) is 0 Å². The van der Waals surface area contributed by atoms with E-state index in [2.05, 4.69) is 13.8 Å². The van der Waals surface area contributed by atoms with Crippen molar-refractivity contribution in [1.29, 1.82) is 0 Å². The lowest BCUT2D eigenvalue weighted by Gasteiger charge is -2.38. The van der Waals surface area contributed by atoms with Crippen LogP contribution < -0.4 is 0 Å². The predicted octanol–water partition coefficient (Wildman–Crippen LogP) is 5.08. The van der Waals surface area contributed by atoms with Gasteiger partial charge in [-0.05, 0) is 38.0 Å². The standard InChI is InChI=1S/C15H27F3O/c1-3-5-6-12(4-2)11-14(19)9-7-13(8-10-14)15(16,17)18/h12-13,19H,3-11H2,1-2H3. The number of alkyl halides is 3. The summed E-state index contributed by atoms with van der Waals surface area (Å²) < 4.78 is 37.8. The summed E-state index contributed by atoms with van der Waals surface area (Å²) in [4.78, 5) is 0. The van der Waals surface area contributed by atoms with Crippen molar-refractivity contribution in [2.75, 3.05) is 0 Å². The lowest BCUT2D eigenvalue weighted by molar-refractivity contribution is -0.193. The molecule has 0 aliphatic heterocycles. The van der Waals surface area contributed by atoms with Crippen LogP contribution in [0.5, 0.6) is 0 Å². The monoisotopic (exact) mass is 280 g/mol. The largest absolute Gasteiger partial charge is 0.391 e. The number of aliphatic hydroxyl groups is 1. The smallest absolute Gasteiger partial charge is 0.390 e. The maximum Gasteiger partial charge on any atom is 0.391 e. The topological polar surface area (TPSA) is 20.2 Å². The molecule has 0 radical (unpaired) electrons. The fourth-order valence-corrected chi connectivity index (χ4v) is 3.17. The Kier molecular flexibility index (Phi) is 6.15. The van der Waals surface area contributed by atoms with E-state index >= 15 is 0 Å². The van der Waals surface area contributed by atoms with Gasteiger partial charge in [0.05, 0.1) is 11.5 Å². The molecule has 1 fully saturated rings. The van der Waals surface area contributed by atoms with Crippen LogP contribution >= 0.6 is 0 Å². The van der Waals surface area contributed by atoms with Gasteiger partial charge in [0.15, 0.2) is 0 Å². The Bertz CT molecular complexity index is 255. The Hall–Kier alpha value is -0.250. The number of hydrogen-bond acceptors (Lipinski definition) is 1. The van der Waals surface area contributed by atoms with E-state index < -0.39 is 17.7 Å². The normalized spacial score (nSPS) is 30.3. The molecule has 1 saturated carbocycles. The van der Waals surface area contributed by atoms with E-state index in [1.165, 1.54) is 0 Å². The van der Waals surface area contributed by atoms with Crippen LogP contribution in [0.15, 0.2) is 0 Å². The molecule has 1 aliphatic carbocycles. The molecule has 1 aliphatic rings. The second-order valence-electron chi connectivity index (χ2n) is 6.16. The SMILES string of the molecule is CCCCC(CC)CC1(O)CCC(C(F)(F)F)CC1. The molecule has 0 aromatic carbocycles. The zero-order chi connectivity index (χ0) is 14.5. The van der Waals surface area contributed by atoms with Crippen molar-refractivity contribution in [3.05, 3.63) is 0 Å². The van der Waals surface area contributed by atoms with Crippen molar-refractivity contribution in [2.24, 2.45) is 11.8 Å². The number of hydrogen-bond donors (Lipinski definition) is 1. The summed E-state index contributed by atoms with van der Waals surface area (Å²) in [5, 5.41) is 10.5. The first-order valence-electron chi connectivity index (χ1n) is 7.60. The highest BCUT2D eigenvalue weighted by Crippen LogP contribution is 2.43. The van der Waals surface area contributed by atoms with Gasteiger partial charge in [0.2, 0.25) is 0 Å². The summed E-state index contributed by atoms with van der Waals surface area (Å²) in [6.45, 7) is 4.24. The predicted molar refractivity (Wildman–Crippen MR) is 70.9 cm³/mol. The molecule has 19 heavy (non-hydrogen) atoms. The lowest BCUT2D eigenvalue weighted by Crippen LogP contribution is -2.39. The Morgan fingerprint density at radius 1 is 1.21 bits per heavy atom. The van der Waals surface area contributed by atoms with Gasteiger partial charge in [-0.15, -0.1) is 0 Å². The molecule has 4 heteroatoms. The first-order chi connectivity index (χ1) is 8.80. The summed E-state index contributed by atoms with van der Waals surface area (Å²) in [6, 6.07) is 0. The van der Waals surface area contributed by atoms with Gasteiger partial charge < -0.3 is 5.11 Å². The fraction of sp³-hybridized carbons (Fsp3) is 1.00. The van der Waals surface area contributed by atoms with E-state index in [1.807, 2.05) is 0 Å². The third-order valence-corrected chi connectivity index (χ3v) is 4.59. The van der Waals surface area contributed by atoms with Gasteiger partial charge >= 0.3 is 6.18 Å². The molecule has 0 bridgehead atoms. The maximum absolute atomic E-state index is 12.6. The average Bonchev–Trinajstić information content (AvgIpc) is 2.33. The van der Waals surface area contributed by atoms with Gasteiger partial charge in [0.25, 0.3) is 0 Å². The zero-order valence-corrected chi connectivity index (χ0v) is 12.1. The highest BCUT2D eigenvalue weighted by Gasteiger charge is 2.45. The van der Waals surface area contributed by atoms with Crippen molar-refractivity contribution in [3.8, 4) is 0 Å². The van der Waals surface area contributed by atoms with E-state index in [0.29, 0.717) is 25.2 Å². The molecule has 1 nitrogen and oxygen atoms in total. The third kappa shape index (κ3) is 5.33. The Balaban J connectivity index is 2.46. The molecular formula is C15H27F3O. The van der Waals surface area contributed by atoms with Gasteiger partial charge in [0.1, 0.15) is 0 Å². The van der Waals surface area contributed by atoms with Crippen LogP contribution in [-0.4, -0.2) is 16.9 Å². The van der Waals surface area contributed by atoms with Crippen LogP contribution in [0, 0.1) is 11.8 Å². The molecule has 114 valence electrons. The van der Waals surface area contributed by atoms with Crippen molar-refractivity contribution >= 4 is 0 Å². The summed E-state index contributed by atoms with van der Waals surface area (Å²) >= 11 is 0. The first-order valence-corrected chi connectivity index (χ1v) is 7.60. The van der Waals surface area contributed by atoms with Crippen molar-refractivity contribution in [2.45, 2.75) is 83.4 Å². The highest BCUT2D eigenvalue weighted by molar-refractivity contribution is 4.89. The minimum atomic E-state index is -4.09. The van der Waals surface area contributed by atoms with Crippen LogP contribution in [0.2, 0.25) is 0 Å². The zero-order valence-electron chi connectivity index (χ0n) is 12.1. The van der Waals surface area contributed by atoms with E-state index in [4.69, 9.17) is 0 Å². The Morgan fingerprint density at radius 2 is 1.79 bits per heavy atom. The molecule has 1 atom stereocenters. The van der Waals surface area contributed by atoms with Crippen LogP contribution in [-0.2, 0) is 0 Å². The highest BCUT2D eigenvalue weighted by atomic mass is 19.4. The first kappa shape index (κ1) is 16.8. The van der Waals surface area contributed by atoms with E-state index in [9.17, 15) is 18.3 Å². The molecule has 1 unspecified atom stereocenters. The molecule has 0 aromatic heterocycles. The molecular weight excluding hydrogens is 253 g/mol. The van der Waals surface area contributed by atoms with Gasteiger partial charge in [-0.25, -0.2) is 0 Å². The van der Waals surface area contributed by atoms with Crippen molar-refractivity contribution in [3.63, 3.8) is 0 Å². The number of rotatable bonds is 6. The van der Waals surface area contributed by atoms with E-state index in [1.54, 1.807) is 0 Å². The van der Waals surface area contributed by atoms with Gasteiger partial charge in [-0.3, -0.25) is 0 Å². The van der Waals surface area contributed by atoms with Gasteiger partial charge in [-0.1, -0.05) is 39.5 Å². The van der Waals surface area contributed by atoms with E-state index in [0.717, 1.165) is 25.7 Å². The molecule has 0 aromatic rings. The minimum Gasteiger partial charge on any atom is -0.390 e. The molecule has 1 N–H and O–H groups in total. The summed E-state index contributed by atoms with van der Waals surface area (Å²) in [6.07, 6.45) is 1.73. The Labute approximate surface area is 114 Å². The summed E-state index contributed by atoms with van der Waals surface area (Å²) in [7, 11) is 0. The van der Waals surface area contributed by atoms with Gasteiger partial charge in [-0.2, -0.15) is 13.2 Å². The Morgan fingerprint density at radius 3 is 2.21 bits per heavy atom. The van der Waals surface area contributed by atoms with E-state index in [-0.39, 0.29) is 12.8 Å². The van der Waals surface area contributed by atoms with Crippen LogP contribution in [0.25, 0.3) is 0 Å². The van der Waals surface area contributed by atoms with Crippen LogP contribution in [0.1, 0.15) is 71.6 Å². The number of halogens is 3. The second kappa shape index (κ2) is 6.96. The molecule has 1 rings (SSSR count). The molecule has 0 amide bonds. The fourth-order valence-electron chi connectivity index (χ4n) is 3.17. The van der Waals surface area contributed by atoms with Gasteiger partial charge in [0, 0.05) is 0 Å². The molecule has 0 spiro atoms. The second-order valence-corrected chi connectivity index (χ2v) is 6.16. The third-order valence-electron chi connectivity index (χ3n) is 4.59. The molecule has 0 heterocycles. The average molecular weight is 280 g/mol. The van der Waals surface area contributed by atoms with Crippen LogP contribution in [0.4, 0.5) is 13.2 Å². The number of unbranched alkanes of at least 4 members (excludes halogenated alkanes) is 1. The maximum atomic E-state index is 12.6. The summed E-state index contributed by atoms with van der Waals surface area (Å²) in [5.74, 6) is -0.754. The lowest BCUT2D eigenvalue weighted by atomic mass is 9.73. The van der Waals surface area contributed by atoms with Crippen molar-refractivity contribution < 1.29 is 18.3 Å². The summed E-state index contributed by atoms with van der Waals surface area (Å²) in [5.41, 5.74) is -0.851. The van der Waals surface area contributed by atoms with Crippen molar-refractivity contribution in [1.82, 2.24) is 0 Å². The minimum absolute atomic E-state index is 0.0875.